The molecule has 0 amide bonds. The van der Waals surface area contributed by atoms with E-state index in [1.54, 1.807) is 0 Å². The summed E-state index contributed by atoms with van der Waals surface area (Å²) in [6.45, 7) is 18.0. The number of allylic oxidation sites excluding steroid dienone is 4. The Morgan fingerprint density at radius 2 is 0.886 bits per heavy atom. The zero-order chi connectivity index (χ0) is 48.9. The Balaban J connectivity index is 1.30. The van der Waals surface area contributed by atoms with Crippen LogP contribution in [0.1, 0.15) is 123 Å². The molecule has 0 radical (unpaired) electrons. The van der Waals surface area contributed by atoms with Crippen molar-refractivity contribution in [2.45, 2.75) is 120 Å². The third-order valence-corrected chi connectivity index (χ3v) is 15.8. The zero-order valence-electron chi connectivity index (χ0n) is 41.4. The largest absolute Gasteiger partial charge is 0.354 e. The van der Waals surface area contributed by atoms with Crippen molar-refractivity contribution in [1.82, 2.24) is 29.1 Å². The van der Waals surface area contributed by atoms with E-state index >= 15 is 0 Å². The lowest BCUT2D eigenvalue weighted by molar-refractivity contribution is 0.618. The summed E-state index contributed by atoms with van der Waals surface area (Å²) >= 11 is 0. The zero-order valence-corrected chi connectivity index (χ0v) is 41.4. The second-order valence-corrected chi connectivity index (χ2v) is 19.4. The number of hydrogen-bond donors (Lipinski definition) is 2. The maximum Gasteiger partial charge on any atom is 0.261 e. The molecule has 8 aromatic rings. The lowest BCUT2D eigenvalue weighted by Crippen LogP contribution is -2.26. The van der Waals surface area contributed by atoms with Gasteiger partial charge >= 0.3 is 0 Å². The first-order chi connectivity index (χ1) is 33.9. The average Bonchev–Trinajstić information content (AvgIpc) is 4.14. The number of H-pyrrole nitrogens is 2. The average molecular weight is 927 g/mol. The van der Waals surface area contributed by atoms with Gasteiger partial charge in [-0.1, -0.05) is 76.2 Å². The van der Waals surface area contributed by atoms with Gasteiger partial charge in [0.05, 0.1) is 55.4 Å². The summed E-state index contributed by atoms with van der Waals surface area (Å²) in [7, 11) is 0. The van der Waals surface area contributed by atoms with Gasteiger partial charge in [0.1, 0.15) is 0 Å². The Bertz CT molecular complexity index is 3830. The number of benzene rings is 3. The van der Waals surface area contributed by atoms with Gasteiger partial charge in [-0.2, -0.15) is 0 Å². The van der Waals surface area contributed by atoms with Gasteiger partial charge in [0.15, 0.2) is 0 Å². The Morgan fingerprint density at radius 3 is 1.27 bits per heavy atom. The maximum absolute atomic E-state index is 14.1. The van der Waals surface area contributed by atoms with Crippen molar-refractivity contribution in [3.05, 3.63) is 170 Å². The first-order valence-corrected chi connectivity index (χ1v) is 25.2. The molecule has 10 heteroatoms. The topological polar surface area (TPSA) is 136 Å². The van der Waals surface area contributed by atoms with Crippen LogP contribution in [0, 0.1) is 13.8 Å². The van der Waals surface area contributed by atoms with Crippen LogP contribution in [0.15, 0.2) is 92.0 Å². The van der Waals surface area contributed by atoms with Crippen molar-refractivity contribution < 1.29 is 0 Å². The highest BCUT2D eigenvalue weighted by Crippen LogP contribution is 2.45. The van der Waals surface area contributed by atoms with Crippen LogP contribution in [-0.2, 0) is 38.8 Å². The van der Waals surface area contributed by atoms with Crippen molar-refractivity contribution in [3.8, 4) is 22.3 Å². The standard InChI is InChI=1S/C60H58N6O4/c1-9-37-31(5)53-51-41-23-15-13-19-35(41)21-17-25-65-57(67)43-27-45-46(28-44(43)58(65)68)60(70)66(59(45)69)26-18-22-36-20-14-16-24-42(36)52(55-32(6)38(10-2)48(62-55)29-47(37)61-53)56-34(8)40(12-4)50(64-56)30-49-39(11-3)33(7)54(51)63-49/h13-16,19-20,23-24,27-30,61,63H,9-12,17-18,21-22,25-26H2,1-8H3. The minimum atomic E-state index is -0.446. The van der Waals surface area contributed by atoms with E-state index in [1.165, 1.54) is 54.7 Å². The first-order valence-electron chi connectivity index (χ1n) is 25.2. The van der Waals surface area contributed by atoms with Gasteiger partial charge in [-0.3, -0.25) is 28.3 Å². The van der Waals surface area contributed by atoms with Crippen molar-refractivity contribution in [2.75, 3.05) is 0 Å². The summed E-state index contributed by atoms with van der Waals surface area (Å²) < 4.78 is 2.54. The fraction of sp³-hybridized carbons (Fsp3) is 0.300. The summed E-state index contributed by atoms with van der Waals surface area (Å²) in [6, 6.07) is 24.3. The van der Waals surface area contributed by atoms with Gasteiger partial charge in [-0.15, -0.1) is 0 Å². The number of aromatic amines is 2. The molecule has 0 saturated heterocycles. The summed E-state index contributed by atoms with van der Waals surface area (Å²) in [4.78, 5) is 75.6. The first kappa shape index (κ1) is 45.0. The van der Waals surface area contributed by atoms with E-state index in [0.717, 1.165) is 115 Å². The normalized spacial score (nSPS) is 14.3. The van der Waals surface area contributed by atoms with E-state index in [0.29, 0.717) is 25.7 Å². The summed E-state index contributed by atoms with van der Waals surface area (Å²) in [5, 5.41) is 0.671. The molecule has 3 aromatic carbocycles. The number of aromatic nitrogens is 6. The third-order valence-electron chi connectivity index (χ3n) is 15.8. The predicted molar refractivity (Wildman–Crippen MR) is 287 cm³/mol. The molecule has 0 aliphatic carbocycles. The van der Waals surface area contributed by atoms with Crippen LogP contribution in [0.4, 0.5) is 0 Å². The Morgan fingerprint density at radius 1 is 0.500 bits per heavy atom. The fourth-order valence-electron chi connectivity index (χ4n) is 12.1. The fourth-order valence-corrected chi connectivity index (χ4v) is 12.1. The molecule has 16 bridgehead atoms. The number of nitrogens with zero attached hydrogens (tertiary/aromatic N) is 4. The molecule has 6 aliphatic heterocycles. The van der Waals surface area contributed by atoms with Crippen molar-refractivity contribution >= 4 is 65.9 Å². The SMILES string of the molecule is CCC1=C(C)c2nc1cc1[nH]c(c(C)c1CC)c1c3[nH]c(cc4nc(c2-c2ccccc2CCCn2c(=O)c5cc6c(=O)n(c(=O)c6cc5c2=O)CCCc2ccccc2-1)C(C)=C4CC)c(CC)c3C. The molecule has 0 atom stereocenters. The van der Waals surface area contributed by atoms with Gasteiger partial charge in [0, 0.05) is 35.2 Å². The van der Waals surface area contributed by atoms with Crippen LogP contribution >= 0.6 is 0 Å². The lowest BCUT2D eigenvalue weighted by atomic mass is 9.89. The van der Waals surface area contributed by atoms with Crippen LogP contribution in [0.5, 0.6) is 0 Å². The highest BCUT2D eigenvalue weighted by Gasteiger charge is 2.28. The van der Waals surface area contributed by atoms with Crippen molar-refractivity contribution in [1.29, 1.82) is 0 Å². The number of aryl methyl sites for hydroxylation is 6. The monoisotopic (exact) mass is 926 g/mol. The molecule has 6 aliphatic rings. The quantitative estimate of drug-likeness (QED) is 0.180. The minimum absolute atomic E-state index is 0.167. The second-order valence-electron chi connectivity index (χ2n) is 19.4. The molecule has 0 saturated carbocycles. The number of hydrogen-bond acceptors (Lipinski definition) is 6. The van der Waals surface area contributed by atoms with Crippen LogP contribution in [0.2, 0.25) is 0 Å². The van der Waals surface area contributed by atoms with E-state index in [4.69, 9.17) is 9.97 Å². The summed E-state index contributed by atoms with van der Waals surface area (Å²) in [5.74, 6) is 0. The summed E-state index contributed by atoms with van der Waals surface area (Å²) in [5.41, 5.74) is 21.6. The van der Waals surface area contributed by atoms with E-state index < -0.39 is 22.2 Å². The maximum atomic E-state index is 14.1. The molecule has 70 heavy (non-hydrogen) atoms. The Hall–Kier alpha value is -7.46. The predicted octanol–water partition coefficient (Wildman–Crippen LogP) is 11.9. The highest BCUT2D eigenvalue weighted by atomic mass is 16.2. The lowest BCUT2D eigenvalue weighted by Gasteiger charge is -2.14. The molecule has 0 unspecified atom stereocenters. The van der Waals surface area contributed by atoms with Crippen LogP contribution < -0.4 is 22.2 Å². The van der Waals surface area contributed by atoms with Gasteiger partial charge in [0.2, 0.25) is 0 Å². The van der Waals surface area contributed by atoms with Crippen molar-refractivity contribution in [3.63, 3.8) is 0 Å². The van der Waals surface area contributed by atoms with Crippen LogP contribution in [0.25, 0.3) is 88.2 Å². The van der Waals surface area contributed by atoms with Gasteiger partial charge < -0.3 is 9.97 Å². The van der Waals surface area contributed by atoms with Gasteiger partial charge in [0.25, 0.3) is 22.2 Å². The van der Waals surface area contributed by atoms with E-state index in [1.807, 2.05) is 6.07 Å². The molecule has 0 spiro atoms. The second kappa shape index (κ2) is 17.2. The smallest absolute Gasteiger partial charge is 0.261 e. The third kappa shape index (κ3) is 6.73. The van der Waals surface area contributed by atoms with Crippen LogP contribution in [-0.4, -0.2) is 29.1 Å². The molecule has 352 valence electrons. The van der Waals surface area contributed by atoms with Gasteiger partial charge in [-0.25, -0.2) is 9.97 Å². The molecule has 14 rings (SSSR count). The Kier molecular flexibility index (Phi) is 11.1. The van der Waals surface area contributed by atoms with Gasteiger partial charge in [-0.05, 0) is 170 Å². The highest BCUT2D eigenvalue weighted by molar-refractivity contribution is 6.04. The van der Waals surface area contributed by atoms with E-state index in [-0.39, 0.29) is 34.6 Å². The number of nitrogens with one attached hydrogen (secondary N) is 2. The van der Waals surface area contributed by atoms with Crippen LogP contribution in [0.3, 0.4) is 0 Å². The molecule has 5 aromatic heterocycles. The van der Waals surface area contributed by atoms with E-state index in [2.05, 4.69) is 120 Å². The van der Waals surface area contributed by atoms with E-state index in [9.17, 15) is 19.2 Å². The molecular formula is C60H58N6O4. The summed E-state index contributed by atoms with van der Waals surface area (Å²) in [6.07, 6.45) is 5.32. The Labute approximate surface area is 405 Å². The molecule has 11 heterocycles. The molecule has 0 fully saturated rings. The molecule has 2 N–H and O–H groups in total. The number of rotatable bonds is 4. The minimum Gasteiger partial charge on any atom is -0.354 e. The van der Waals surface area contributed by atoms with Crippen molar-refractivity contribution in [2.24, 2.45) is 0 Å². The molecular weight excluding hydrogens is 869 g/mol. The molecule has 10 nitrogen and oxygen atoms in total.